The van der Waals surface area contributed by atoms with Crippen LogP contribution in [0.3, 0.4) is 0 Å². The standard InChI is InChI=1S/C10H9NO2/c1-6-9-7(4-5-11-6)2-3-8(12)10(9)13/h2-5,12-13H,1H3. The van der Waals surface area contributed by atoms with Gasteiger partial charge in [0.2, 0.25) is 0 Å². The number of phenols is 2. The van der Waals surface area contributed by atoms with Crippen LogP contribution in [-0.4, -0.2) is 15.2 Å². The van der Waals surface area contributed by atoms with Gasteiger partial charge in [0.05, 0.1) is 0 Å². The van der Waals surface area contributed by atoms with Crippen molar-refractivity contribution in [1.29, 1.82) is 0 Å². The molecule has 0 saturated carbocycles. The molecule has 3 heteroatoms. The number of rotatable bonds is 0. The van der Waals surface area contributed by atoms with Gasteiger partial charge in [-0.3, -0.25) is 4.98 Å². The summed E-state index contributed by atoms with van der Waals surface area (Å²) in [4.78, 5) is 4.04. The first-order chi connectivity index (χ1) is 6.20. The first-order valence-electron chi connectivity index (χ1n) is 3.96. The fourth-order valence-corrected chi connectivity index (χ4v) is 1.41. The molecule has 2 rings (SSSR count). The Labute approximate surface area is 75.3 Å². The number of aryl methyl sites for hydroxylation is 1. The summed E-state index contributed by atoms with van der Waals surface area (Å²) in [5.74, 6) is -0.202. The Hall–Kier alpha value is -1.77. The van der Waals surface area contributed by atoms with Gasteiger partial charge in [0, 0.05) is 17.3 Å². The monoisotopic (exact) mass is 175 g/mol. The van der Waals surface area contributed by atoms with Gasteiger partial charge in [0.15, 0.2) is 11.5 Å². The third-order valence-corrected chi connectivity index (χ3v) is 2.07. The second-order valence-electron chi connectivity index (χ2n) is 2.93. The van der Waals surface area contributed by atoms with E-state index in [9.17, 15) is 10.2 Å². The van der Waals surface area contributed by atoms with Crippen molar-refractivity contribution in [3.8, 4) is 11.5 Å². The predicted molar refractivity (Wildman–Crippen MR) is 49.8 cm³/mol. The summed E-state index contributed by atoms with van der Waals surface area (Å²) >= 11 is 0. The Morgan fingerprint density at radius 3 is 2.69 bits per heavy atom. The molecule has 2 aromatic rings. The zero-order chi connectivity index (χ0) is 9.42. The Bertz CT molecular complexity index is 466. The van der Waals surface area contributed by atoms with E-state index in [1.165, 1.54) is 6.07 Å². The summed E-state index contributed by atoms with van der Waals surface area (Å²) < 4.78 is 0. The molecule has 1 aromatic carbocycles. The van der Waals surface area contributed by atoms with Gasteiger partial charge in [-0.2, -0.15) is 0 Å². The number of benzene rings is 1. The van der Waals surface area contributed by atoms with Gasteiger partial charge in [-0.05, 0) is 24.4 Å². The predicted octanol–water partition coefficient (Wildman–Crippen LogP) is 1.95. The minimum atomic E-state index is -0.108. The first-order valence-corrected chi connectivity index (χ1v) is 3.96. The van der Waals surface area contributed by atoms with E-state index in [4.69, 9.17) is 0 Å². The quantitative estimate of drug-likeness (QED) is 0.602. The number of phenolic OH excluding ortho intramolecular Hbond substituents is 2. The van der Waals surface area contributed by atoms with Crippen LogP contribution in [0.1, 0.15) is 5.69 Å². The maximum Gasteiger partial charge on any atom is 0.167 e. The molecule has 0 bridgehead atoms. The molecule has 0 atom stereocenters. The van der Waals surface area contributed by atoms with Crippen LogP contribution in [0.25, 0.3) is 10.8 Å². The molecule has 0 aliphatic carbocycles. The van der Waals surface area contributed by atoms with Crippen molar-refractivity contribution in [3.05, 3.63) is 30.1 Å². The van der Waals surface area contributed by atoms with Gasteiger partial charge >= 0.3 is 0 Å². The van der Waals surface area contributed by atoms with E-state index in [2.05, 4.69) is 4.98 Å². The van der Waals surface area contributed by atoms with Crippen LogP contribution in [0.4, 0.5) is 0 Å². The lowest BCUT2D eigenvalue weighted by Gasteiger charge is -2.04. The van der Waals surface area contributed by atoms with Gasteiger partial charge in [-0.1, -0.05) is 6.07 Å². The molecule has 0 aliphatic rings. The van der Waals surface area contributed by atoms with E-state index in [1.807, 2.05) is 0 Å². The van der Waals surface area contributed by atoms with E-state index in [0.717, 1.165) is 5.39 Å². The van der Waals surface area contributed by atoms with E-state index in [0.29, 0.717) is 11.1 Å². The number of aromatic hydroxyl groups is 2. The van der Waals surface area contributed by atoms with Gasteiger partial charge in [0.25, 0.3) is 0 Å². The molecule has 0 fully saturated rings. The molecule has 1 heterocycles. The highest BCUT2D eigenvalue weighted by atomic mass is 16.3. The highest BCUT2D eigenvalue weighted by Gasteiger charge is 2.07. The van der Waals surface area contributed by atoms with Crippen molar-refractivity contribution < 1.29 is 10.2 Å². The molecule has 0 unspecified atom stereocenters. The van der Waals surface area contributed by atoms with E-state index in [-0.39, 0.29) is 11.5 Å². The van der Waals surface area contributed by atoms with Gasteiger partial charge in [0.1, 0.15) is 0 Å². The fourth-order valence-electron chi connectivity index (χ4n) is 1.41. The van der Waals surface area contributed by atoms with Crippen LogP contribution in [0, 0.1) is 6.92 Å². The molecule has 0 radical (unpaired) electrons. The lowest BCUT2D eigenvalue weighted by molar-refractivity contribution is 0.408. The number of pyridine rings is 1. The van der Waals surface area contributed by atoms with E-state index >= 15 is 0 Å². The maximum atomic E-state index is 9.55. The zero-order valence-electron chi connectivity index (χ0n) is 7.15. The fraction of sp³-hybridized carbons (Fsp3) is 0.100. The first kappa shape index (κ1) is 7.86. The van der Waals surface area contributed by atoms with Crippen molar-refractivity contribution in [1.82, 2.24) is 4.98 Å². The van der Waals surface area contributed by atoms with E-state index < -0.39 is 0 Å². The van der Waals surface area contributed by atoms with Gasteiger partial charge in [-0.25, -0.2) is 0 Å². The molecule has 1 aromatic heterocycles. The Balaban J connectivity index is 2.97. The Kier molecular flexibility index (Phi) is 1.59. The lowest BCUT2D eigenvalue weighted by atomic mass is 10.1. The molecule has 0 aliphatic heterocycles. The molecule has 3 nitrogen and oxygen atoms in total. The van der Waals surface area contributed by atoms with Crippen LogP contribution < -0.4 is 0 Å². The number of fused-ring (bicyclic) bond motifs is 1. The SMILES string of the molecule is Cc1nccc2ccc(O)c(O)c12. The summed E-state index contributed by atoms with van der Waals surface area (Å²) in [6, 6.07) is 5.01. The van der Waals surface area contributed by atoms with Crippen LogP contribution in [0.15, 0.2) is 24.4 Å². The smallest absolute Gasteiger partial charge is 0.167 e. The van der Waals surface area contributed by atoms with Crippen LogP contribution >= 0.6 is 0 Å². The summed E-state index contributed by atoms with van der Waals surface area (Å²) in [6.07, 6.45) is 1.67. The third kappa shape index (κ3) is 1.09. The molecule has 2 N–H and O–H groups in total. The lowest BCUT2D eigenvalue weighted by Crippen LogP contribution is -1.83. The third-order valence-electron chi connectivity index (χ3n) is 2.07. The number of hydrogen-bond donors (Lipinski definition) is 2. The maximum absolute atomic E-state index is 9.55. The largest absolute Gasteiger partial charge is 0.504 e. The van der Waals surface area contributed by atoms with Crippen molar-refractivity contribution in [2.24, 2.45) is 0 Å². The molecule has 0 spiro atoms. The van der Waals surface area contributed by atoms with Crippen LogP contribution in [-0.2, 0) is 0 Å². The second-order valence-corrected chi connectivity index (χ2v) is 2.93. The minimum absolute atomic E-state index is 0.0944. The molecular formula is C10H9NO2. The number of nitrogens with zero attached hydrogens (tertiary/aromatic N) is 1. The zero-order valence-corrected chi connectivity index (χ0v) is 7.15. The normalized spacial score (nSPS) is 10.5. The number of aromatic nitrogens is 1. The van der Waals surface area contributed by atoms with Crippen molar-refractivity contribution in [2.45, 2.75) is 6.92 Å². The molecule has 0 amide bonds. The minimum Gasteiger partial charge on any atom is -0.504 e. The number of hydrogen-bond acceptors (Lipinski definition) is 3. The average molecular weight is 175 g/mol. The molecule has 0 saturated heterocycles. The summed E-state index contributed by atoms with van der Waals surface area (Å²) in [5.41, 5.74) is 0.714. The highest BCUT2D eigenvalue weighted by Crippen LogP contribution is 2.34. The highest BCUT2D eigenvalue weighted by molar-refractivity contribution is 5.91. The second kappa shape index (κ2) is 2.62. The van der Waals surface area contributed by atoms with Gasteiger partial charge in [-0.15, -0.1) is 0 Å². The Morgan fingerprint density at radius 1 is 1.15 bits per heavy atom. The molecule has 66 valence electrons. The van der Waals surface area contributed by atoms with Crippen molar-refractivity contribution >= 4 is 10.8 Å². The topological polar surface area (TPSA) is 53.4 Å². The summed E-state index contributed by atoms with van der Waals surface area (Å²) in [7, 11) is 0. The average Bonchev–Trinajstić information content (AvgIpc) is 2.12. The summed E-state index contributed by atoms with van der Waals surface area (Å²) in [5, 5.41) is 20.3. The van der Waals surface area contributed by atoms with Gasteiger partial charge < -0.3 is 10.2 Å². The van der Waals surface area contributed by atoms with Crippen molar-refractivity contribution in [3.63, 3.8) is 0 Å². The van der Waals surface area contributed by atoms with Crippen LogP contribution in [0.2, 0.25) is 0 Å². The Morgan fingerprint density at radius 2 is 1.92 bits per heavy atom. The van der Waals surface area contributed by atoms with Crippen molar-refractivity contribution in [2.75, 3.05) is 0 Å². The summed E-state index contributed by atoms with van der Waals surface area (Å²) in [6.45, 7) is 1.79. The molecule has 13 heavy (non-hydrogen) atoms. The van der Waals surface area contributed by atoms with Crippen LogP contribution in [0.5, 0.6) is 11.5 Å². The van der Waals surface area contributed by atoms with E-state index in [1.54, 1.807) is 25.3 Å². The molecular weight excluding hydrogens is 166 g/mol.